The molecule has 1 aliphatic rings. The van der Waals surface area contributed by atoms with Crippen molar-refractivity contribution in [3.63, 3.8) is 0 Å². The number of carboxylic acid groups (broad SMARTS) is 1. The first-order valence-corrected chi connectivity index (χ1v) is 11.1. The fourth-order valence-corrected chi connectivity index (χ4v) is 4.44. The largest absolute Gasteiger partial charge is 0.481 e. The third-order valence-electron chi connectivity index (χ3n) is 5.98. The van der Waals surface area contributed by atoms with Gasteiger partial charge >= 0.3 is 5.97 Å². The van der Waals surface area contributed by atoms with Crippen molar-refractivity contribution in [1.29, 1.82) is 0 Å². The van der Waals surface area contributed by atoms with Crippen molar-refractivity contribution >= 4 is 12.0 Å². The number of carboxylic acids is 1. The van der Waals surface area contributed by atoms with Crippen molar-refractivity contribution in [2.45, 2.75) is 50.2 Å². The van der Waals surface area contributed by atoms with Crippen LogP contribution in [0.15, 0.2) is 60.7 Å². The molecule has 3 N–H and O–H groups in total. The molecular weight excluding hydrogens is 423 g/mol. The van der Waals surface area contributed by atoms with Crippen LogP contribution in [0.3, 0.4) is 0 Å². The molecule has 1 unspecified atom stereocenters. The molecule has 0 bridgehead atoms. The SMILES string of the molecule is O=C(O)C[C@@H](O)C[C@@H](O)/C=C/c1c2c(nn1-c1ccc(F)cc1)C(c1ccccc1)CCC2. The van der Waals surface area contributed by atoms with E-state index in [1.807, 2.05) is 18.2 Å². The molecule has 0 amide bonds. The average Bonchev–Trinajstić information content (AvgIpc) is 3.17. The number of aliphatic hydroxyl groups is 2. The van der Waals surface area contributed by atoms with Gasteiger partial charge in [0, 0.05) is 17.9 Å². The molecule has 0 saturated heterocycles. The topological polar surface area (TPSA) is 95.6 Å². The number of halogens is 1. The number of fused-ring (bicyclic) bond motifs is 1. The summed E-state index contributed by atoms with van der Waals surface area (Å²) in [4.78, 5) is 10.8. The van der Waals surface area contributed by atoms with Crippen molar-refractivity contribution in [3.8, 4) is 5.69 Å². The van der Waals surface area contributed by atoms with Crippen LogP contribution < -0.4 is 0 Å². The number of hydrogen-bond donors (Lipinski definition) is 3. The Bertz CT molecular complexity index is 1130. The smallest absolute Gasteiger partial charge is 0.305 e. The number of rotatable bonds is 8. The monoisotopic (exact) mass is 450 g/mol. The van der Waals surface area contributed by atoms with E-state index in [0.717, 1.165) is 36.2 Å². The maximum absolute atomic E-state index is 13.5. The highest BCUT2D eigenvalue weighted by molar-refractivity contribution is 5.67. The molecule has 1 aromatic heterocycles. The van der Waals surface area contributed by atoms with Crippen LogP contribution in [0.2, 0.25) is 0 Å². The van der Waals surface area contributed by atoms with Gasteiger partial charge < -0.3 is 15.3 Å². The molecule has 6 nitrogen and oxygen atoms in total. The Labute approximate surface area is 191 Å². The quantitative estimate of drug-likeness (QED) is 0.481. The summed E-state index contributed by atoms with van der Waals surface area (Å²) < 4.78 is 15.3. The summed E-state index contributed by atoms with van der Waals surface area (Å²) in [5, 5.41) is 33.9. The minimum absolute atomic E-state index is 0.0810. The molecule has 0 fully saturated rings. The zero-order valence-corrected chi connectivity index (χ0v) is 18.1. The molecule has 3 aromatic rings. The summed E-state index contributed by atoms with van der Waals surface area (Å²) in [6, 6.07) is 16.3. The van der Waals surface area contributed by atoms with Gasteiger partial charge in [0.15, 0.2) is 0 Å². The Kier molecular flexibility index (Phi) is 7.01. The van der Waals surface area contributed by atoms with Crippen molar-refractivity contribution in [2.24, 2.45) is 0 Å². The van der Waals surface area contributed by atoms with Crippen LogP contribution in [0.1, 0.15) is 54.1 Å². The summed E-state index contributed by atoms with van der Waals surface area (Å²) in [5.74, 6) is -1.31. The summed E-state index contributed by atoms with van der Waals surface area (Å²) in [5.41, 5.74) is 4.74. The minimum Gasteiger partial charge on any atom is -0.481 e. The maximum Gasteiger partial charge on any atom is 0.305 e. The second kappa shape index (κ2) is 10.1. The first-order chi connectivity index (χ1) is 15.9. The van der Waals surface area contributed by atoms with E-state index >= 15 is 0 Å². The lowest BCUT2D eigenvalue weighted by atomic mass is 9.82. The lowest BCUT2D eigenvalue weighted by Gasteiger charge is -2.21. The van der Waals surface area contributed by atoms with Gasteiger partial charge in [-0.15, -0.1) is 0 Å². The van der Waals surface area contributed by atoms with Gasteiger partial charge in [-0.3, -0.25) is 4.79 Å². The Hall–Kier alpha value is -3.29. The van der Waals surface area contributed by atoms with E-state index in [2.05, 4.69) is 12.1 Å². The summed E-state index contributed by atoms with van der Waals surface area (Å²) in [6.45, 7) is 0. The maximum atomic E-state index is 13.5. The van der Waals surface area contributed by atoms with E-state index in [1.165, 1.54) is 17.7 Å². The van der Waals surface area contributed by atoms with Crippen molar-refractivity contribution in [2.75, 3.05) is 0 Å². The molecule has 7 heteroatoms. The van der Waals surface area contributed by atoms with Gasteiger partial charge in [-0.2, -0.15) is 5.10 Å². The second-order valence-corrected chi connectivity index (χ2v) is 8.41. The molecule has 1 heterocycles. The molecule has 0 spiro atoms. The van der Waals surface area contributed by atoms with Gasteiger partial charge in [0.05, 0.1) is 35.7 Å². The Balaban J connectivity index is 1.71. The molecule has 0 radical (unpaired) electrons. The highest BCUT2D eigenvalue weighted by Gasteiger charge is 2.28. The van der Waals surface area contributed by atoms with E-state index in [-0.39, 0.29) is 18.2 Å². The minimum atomic E-state index is -1.14. The van der Waals surface area contributed by atoms with E-state index in [4.69, 9.17) is 10.2 Å². The normalized spacial score (nSPS) is 17.6. The predicted molar refractivity (Wildman–Crippen MR) is 123 cm³/mol. The van der Waals surface area contributed by atoms with E-state index in [0.29, 0.717) is 5.69 Å². The van der Waals surface area contributed by atoms with E-state index in [9.17, 15) is 19.4 Å². The van der Waals surface area contributed by atoms with Gasteiger partial charge in [0.25, 0.3) is 0 Å². The number of benzene rings is 2. The third-order valence-corrected chi connectivity index (χ3v) is 5.98. The summed E-state index contributed by atoms with van der Waals surface area (Å²) >= 11 is 0. The molecule has 33 heavy (non-hydrogen) atoms. The number of aliphatic carboxylic acids is 1. The highest BCUT2D eigenvalue weighted by atomic mass is 19.1. The molecule has 2 aromatic carbocycles. The van der Waals surface area contributed by atoms with Crippen molar-refractivity contribution in [1.82, 2.24) is 9.78 Å². The molecule has 4 rings (SSSR count). The van der Waals surface area contributed by atoms with E-state index in [1.54, 1.807) is 29.0 Å². The van der Waals surface area contributed by atoms with Crippen LogP contribution in [0.4, 0.5) is 4.39 Å². The van der Waals surface area contributed by atoms with Crippen LogP contribution in [-0.2, 0) is 11.2 Å². The number of aromatic nitrogens is 2. The standard InChI is InChI=1S/C26H27FN2O4/c27-18-9-11-19(12-10-18)29-24(14-13-20(30)15-21(31)16-25(32)33)23-8-4-7-22(26(23)28-29)17-5-2-1-3-6-17/h1-3,5-6,9-14,20-22,30-31H,4,7-8,15-16H2,(H,32,33)/b14-13+/t20-,21-,22?/m0/s1. The number of nitrogens with zero attached hydrogens (tertiary/aromatic N) is 2. The Morgan fingerprint density at radius 1 is 1.15 bits per heavy atom. The van der Waals surface area contributed by atoms with Gasteiger partial charge in [0.1, 0.15) is 5.82 Å². The fraction of sp³-hybridized carbons (Fsp3) is 0.308. The zero-order valence-electron chi connectivity index (χ0n) is 18.1. The van der Waals surface area contributed by atoms with Gasteiger partial charge in [0.2, 0.25) is 0 Å². The third kappa shape index (κ3) is 5.38. The first-order valence-electron chi connectivity index (χ1n) is 11.1. The zero-order chi connectivity index (χ0) is 23.4. The van der Waals surface area contributed by atoms with Crippen molar-refractivity contribution < 1.29 is 24.5 Å². The van der Waals surface area contributed by atoms with Gasteiger partial charge in [-0.25, -0.2) is 9.07 Å². The lowest BCUT2D eigenvalue weighted by molar-refractivity contribution is -0.139. The lowest BCUT2D eigenvalue weighted by Crippen LogP contribution is -2.19. The van der Waals surface area contributed by atoms with Crippen LogP contribution >= 0.6 is 0 Å². The molecule has 0 saturated carbocycles. The summed E-state index contributed by atoms with van der Waals surface area (Å²) in [7, 11) is 0. The number of carbonyl (C=O) groups is 1. The van der Waals surface area contributed by atoms with Gasteiger partial charge in [-0.1, -0.05) is 36.4 Å². The highest BCUT2D eigenvalue weighted by Crippen LogP contribution is 2.38. The molecular formula is C26H27FN2O4. The van der Waals surface area contributed by atoms with Crippen LogP contribution in [0.5, 0.6) is 0 Å². The average molecular weight is 451 g/mol. The predicted octanol–water partition coefficient (Wildman–Crippen LogP) is 4.08. The number of hydrogen-bond acceptors (Lipinski definition) is 4. The van der Waals surface area contributed by atoms with Crippen LogP contribution in [-0.4, -0.2) is 43.3 Å². The molecule has 172 valence electrons. The number of aliphatic hydroxyl groups excluding tert-OH is 2. The Morgan fingerprint density at radius 2 is 1.88 bits per heavy atom. The summed E-state index contributed by atoms with van der Waals surface area (Å²) in [6.07, 6.45) is 3.45. The molecule has 3 atom stereocenters. The second-order valence-electron chi connectivity index (χ2n) is 8.41. The molecule has 1 aliphatic carbocycles. The van der Waals surface area contributed by atoms with Gasteiger partial charge in [-0.05, 0) is 55.2 Å². The Morgan fingerprint density at radius 3 is 2.58 bits per heavy atom. The van der Waals surface area contributed by atoms with Crippen LogP contribution in [0.25, 0.3) is 11.8 Å². The van der Waals surface area contributed by atoms with Crippen LogP contribution in [0, 0.1) is 5.82 Å². The fourth-order valence-electron chi connectivity index (χ4n) is 4.44. The van der Waals surface area contributed by atoms with E-state index < -0.39 is 24.6 Å². The molecule has 0 aliphatic heterocycles. The van der Waals surface area contributed by atoms with Crippen molar-refractivity contribution in [3.05, 3.63) is 89.0 Å². The first kappa shape index (κ1) is 22.9.